The van der Waals surface area contributed by atoms with E-state index in [-0.39, 0.29) is 5.56 Å². The molecular formula is C24H17ClFN3O. The molecule has 0 aliphatic heterocycles. The minimum Gasteiger partial charge on any atom is -0.330 e. The Morgan fingerprint density at radius 3 is 2.50 bits per heavy atom. The molecule has 5 rings (SSSR count). The Kier molecular flexibility index (Phi) is 4.60. The van der Waals surface area contributed by atoms with Gasteiger partial charge < -0.3 is 4.57 Å². The fourth-order valence-electron chi connectivity index (χ4n) is 3.83. The molecule has 2 heterocycles. The summed E-state index contributed by atoms with van der Waals surface area (Å²) in [5.41, 5.74) is 3.67. The first kappa shape index (κ1) is 18.6. The molecule has 4 nitrogen and oxygen atoms in total. The van der Waals surface area contributed by atoms with Gasteiger partial charge in [0.25, 0.3) is 5.56 Å². The third-order valence-corrected chi connectivity index (χ3v) is 5.63. The Bertz CT molecular complexity index is 1440. The molecule has 6 heteroatoms. The highest BCUT2D eigenvalue weighted by atomic mass is 35.5. The van der Waals surface area contributed by atoms with Crippen molar-refractivity contribution in [2.45, 2.75) is 13.1 Å². The maximum absolute atomic E-state index is 13.5. The van der Waals surface area contributed by atoms with Crippen LogP contribution in [-0.4, -0.2) is 14.1 Å². The number of nitrogens with zero attached hydrogens (tertiary/aromatic N) is 3. The molecule has 2 aromatic heterocycles. The molecule has 0 aliphatic rings. The highest BCUT2D eigenvalue weighted by molar-refractivity contribution is 6.31. The highest BCUT2D eigenvalue weighted by Crippen LogP contribution is 2.28. The molecule has 148 valence electrons. The molecular weight excluding hydrogens is 401 g/mol. The van der Waals surface area contributed by atoms with Crippen LogP contribution >= 0.6 is 11.6 Å². The number of para-hydroxylation sites is 1. The molecule has 0 aliphatic carbocycles. The van der Waals surface area contributed by atoms with E-state index in [1.807, 2.05) is 59.2 Å². The van der Waals surface area contributed by atoms with E-state index in [1.165, 1.54) is 12.1 Å². The molecule has 5 aromatic rings. The quantitative estimate of drug-likeness (QED) is 0.401. The third-order valence-electron chi connectivity index (χ3n) is 5.27. The Hall–Kier alpha value is -3.44. The molecule has 0 amide bonds. The van der Waals surface area contributed by atoms with E-state index in [1.54, 1.807) is 17.0 Å². The van der Waals surface area contributed by atoms with E-state index in [0.717, 1.165) is 22.0 Å². The SMILES string of the molecule is O=c1c2c(ncn1Cc1ccccc1)c1ccccc1n2Cc1ccc(F)cc1Cl. The van der Waals surface area contributed by atoms with Gasteiger partial charge in [-0.1, -0.05) is 66.2 Å². The lowest BCUT2D eigenvalue weighted by molar-refractivity contribution is 0.626. The number of halogens is 2. The predicted molar refractivity (Wildman–Crippen MR) is 118 cm³/mol. The average molecular weight is 418 g/mol. The molecule has 0 bridgehead atoms. The summed E-state index contributed by atoms with van der Waals surface area (Å²) in [6.45, 7) is 0.775. The minimum absolute atomic E-state index is 0.127. The molecule has 0 radical (unpaired) electrons. The van der Waals surface area contributed by atoms with E-state index >= 15 is 0 Å². The normalized spacial score (nSPS) is 11.4. The molecule has 0 unspecified atom stereocenters. The van der Waals surface area contributed by atoms with Gasteiger partial charge in [-0.3, -0.25) is 9.36 Å². The first-order valence-corrected chi connectivity index (χ1v) is 9.94. The Morgan fingerprint density at radius 2 is 1.70 bits per heavy atom. The van der Waals surface area contributed by atoms with Gasteiger partial charge >= 0.3 is 0 Å². The van der Waals surface area contributed by atoms with Crippen LogP contribution in [0.3, 0.4) is 0 Å². The van der Waals surface area contributed by atoms with Gasteiger partial charge in [-0.25, -0.2) is 9.37 Å². The Labute approximate surface area is 176 Å². The van der Waals surface area contributed by atoms with Gasteiger partial charge in [0, 0.05) is 17.0 Å². The molecule has 3 aromatic carbocycles. The number of benzene rings is 3. The highest BCUT2D eigenvalue weighted by Gasteiger charge is 2.17. The second-order valence-electron chi connectivity index (χ2n) is 7.20. The van der Waals surface area contributed by atoms with Crippen LogP contribution in [0.2, 0.25) is 5.02 Å². The molecule has 0 saturated carbocycles. The van der Waals surface area contributed by atoms with Crippen molar-refractivity contribution in [1.82, 2.24) is 14.1 Å². The average Bonchev–Trinajstić information content (AvgIpc) is 3.07. The summed E-state index contributed by atoms with van der Waals surface area (Å²) >= 11 is 6.27. The van der Waals surface area contributed by atoms with E-state index < -0.39 is 5.82 Å². The van der Waals surface area contributed by atoms with Gasteiger partial charge in [0.2, 0.25) is 0 Å². The van der Waals surface area contributed by atoms with Crippen molar-refractivity contribution in [3.63, 3.8) is 0 Å². The van der Waals surface area contributed by atoms with Gasteiger partial charge in [0.15, 0.2) is 0 Å². The van der Waals surface area contributed by atoms with E-state index in [0.29, 0.717) is 29.1 Å². The summed E-state index contributed by atoms with van der Waals surface area (Å²) in [7, 11) is 0. The number of hydrogen-bond acceptors (Lipinski definition) is 2. The van der Waals surface area contributed by atoms with Crippen molar-refractivity contribution < 1.29 is 4.39 Å². The first-order valence-electron chi connectivity index (χ1n) is 9.56. The van der Waals surface area contributed by atoms with Gasteiger partial charge in [-0.15, -0.1) is 0 Å². The van der Waals surface area contributed by atoms with Crippen molar-refractivity contribution in [1.29, 1.82) is 0 Å². The Balaban J connectivity index is 1.72. The molecule has 0 saturated heterocycles. The van der Waals surface area contributed by atoms with Crippen LogP contribution < -0.4 is 5.56 Å². The summed E-state index contributed by atoms with van der Waals surface area (Å²) in [6.07, 6.45) is 1.60. The second kappa shape index (κ2) is 7.43. The van der Waals surface area contributed by atoms with E-state index in [9.17, 15) is 9.18 Å². The monoisotopic (exact) mass is 417 g/mol. The van der Waals surface area contributed by atoms with E-state index in [4.69, 9.17) is 11.6 Å². The van der Waals surface area contributed by atoms with Crippen LogP contribution in [0, 0.1) is 5.82 Å². The van der Waals surface area contributed by atoms with Crippen LogP contribution in [-0.2, 0) is 13.1 Å². The van der Waals surface area contributed by atoms with Crippen LogP contribution in [0.25, 0.3) is 21.9 Å². The van der Waals surface area contributed by atoms with Crippen molar-refractivity contribution in [3.8, 4) is 0 Å². The van der Waals surface area contributed by atoms with Crippen LogP contribution in [0.5, 0.6) is 0 Å². The van der Waals surface area contributed by atoms with Crippen LogP contribution in [0.15, 0.2) is 83.9 Å². The lowest BCUT2D eigenvalue weighted by Gasteiger charge is -2.10. The number of fused-ring (bicyclic) bond motifs is 3. The lowest BCUT2D eigenvalue weighted by Crippen LogP contribution is -2.23. The van der Waals surface area contributed by atoms with Gasteiger partial charge in [-0.05, 0) is 29.3 Å². The topological polar surface area (TPSA) is 39.8 Å². The fraction of sp³-hybridized carbons (Fsp3) is 0.0833. The summed E-state index contributed by atoms with van der Waals surface area (Å²) in [6, 6.07) is 21.9. The fourth-order valence-corrected chi connectivity index (χ4v) is 4.05. The zero-order chi connectivity index (χ0) is 20.7. The summed E-state index contributed by atoms with van der Waals surface area (Å²) < 4.78 is 17.0. The maximum atomic E-state index is 13.5. The Morgan fingerprint density at radius 1 is 0.933 bits per heavy atom. The standard InChI is InChI=1S/C24H17ClFN3O/c25-20-12-18(26)11-10-17(20)14-29-21-9-5-4-8-19(21)22-23(29)24(30)28(15-27-22)13-16-6-2-1-3-7-16/h1-12,15H,13-14H2. The van der Waals surface area contributed by atoms with Crippen molar-refractivity contribution >= 4 is 33.5 Å². The lowest BCUT2D eigenvalue weighted by atomic mass is 10.2. The van der Waals surface area contributed by atoms with Gasteiger partial charge in [0.05, 0.1) is 18.4 Å². The molecule has 30 heavy (non-hydrogen) atoms. The van der Waals surface area contributed by atoms with Gasteiger partial charge in [0.1, 0.15) is 16.9 Å². The maximum Gasteiger partial charge on any atom is 0.278 e. The molecule has 0 spiro atoms. The van der Waals surface area contributed by atoms with Crippen LogP contribution in [0.1, 0.15) is 11.1 Å². The summed E-state index contributed by atoms with van der Waals surface area (Å²) in [5.74, 6) is -0.391. The molecule has 0 N–H and O–H groups in total. The number of aromatic nitrogens is 3. The van der Waals surface area contributed by atoms with E-state index in [2.05, 4.69) is 4.98 Å². The molecule has 0 atom stereocenters. The molecule has 0 fully saturated rings. The first-order chi connectivity index (χ1) is 14.6. The minimum atomic E-state index is -0.391. The van der Waals surface area contributed by atoms with Crippen molar-refractivity contribution in [2.75, 3.05) is 0 Å². The zero-order valence-electron chi connectivity index (χ0n) is 15.9. The number of rotatable bonds is 4. The number of hydrogen-bond donors (Lipinski definition) is 0. The van der Waals surface area contributed by atoms with Gasteiger partial charge in [-0.2, -0.15) is 0 Å². The predicted octanol–water partition coefficient (Wildman–Crippen LogP) is 5.24. The summed E-state index contributed by atoms with van der Waals surface area (Å²) in [5, 5.41) is 1.23. The second-order valence-corrected chi connectivity index (χ2v) is 7.61. The largest absolute Gasteiger partial charge is 0.330 e. The third kappa shape index (κ3) is 3.17. The smallest absolute Gasteiger partial charge is 0.278 e. The van der Waals surface area contributed by atoms with Crippen molar-refractivity contribution in [3.05, 3.63) is 111 Å². The van der Waals surface area contributed by atoms with Crippen LogP contribution in [0.4, 0.5) is 4.39 Å². The summed E-state index contributed by atoms with van der Waals surface area (Å²) in [4.78, 5) is 18.1. The zero-order valence-corrected chi connectivity index (χ0v) is 16.7. The van der Waals surface area contributed by atoms with Crippen molar-refractivity contribution in [2.24, 2.45) is 0 Å².